The lowest BCUT2D eigenvalue weighted by Gasteiger charge is -2.38. The summed E-state index contributed by atoms with van der Waals surface area (Å²) in [7, 11) is 0. The molecule has 0 aromatic rings. The Labute approximate surface area is 182 Å². The zero-order chi connectivity index (χ0) is 22.8. The highest BCUT2D eigenvalue weighted by Crippen LogP contribution is 2.66. The maximum Gasteiger partial charge on any atom is 0.351 e. The van der Waals surface area contributed by atoms with E-state index >= 15 is 0 Å². The summed E-state index contributed by atoms with van der Waals surface area (Å²) in [6.45, 7) is 18.9. The van der Waals surface area contributed by atoms with E-state index in [0.717, 1.165) is 6.42 Å². The van der Waals surface area contributed by atoms with Crippen LogP contribution in [0.25, 0.3) is 0 Å². The first-order valence-corrected chi connectivity index (χ1v) is 11.5. The number of hydrogen-bond acceptors (Lipinski definition) is 4. The van der Waals surface area contributed by atoms with Crippen molar-refractivity contribution in [2.45, 2.75) is 99.7 Å². The Morgan fingerprint density at radius 3 is 2.33 bits per heavy atom. The highest BCUT2D eigenvalue weighted by molar-refractivity contribution is 5.93. The third-order valence-electron chi connectivity index (χ3n) is 9.24. The van der Waals surface area contributed by atoms with Gasteiger partial charge in [0.15, 0.2) is 0 Å². The van der Waals surface area contributed by atoms with Gasteiger partial charge in [-0.1, -0.05) is 72.3 Å². The minimum atomic E-state index is -1.17. The largest absolute Gasteiger partial charge is 0.459 e. The summed E-state index contributed by atoms with van der Waals surface area (Å²) in [5, 5.41) is 0. The van der Waals surface area contributed by atoms with Gasteiger partial charge in [0, 0.05) is 10.8 Å². The van der Waals surface area contributed by atoms with Crippen molar-refractivity contribution < 1.29 is 19.1 Å². The van der Waals surface area contributed by atoms with Gasteiger partial charge in [-0.15, -0.1) is 0 Å². The molecule has 1 heterocycles. The average Bonchev–Trinajstić information content (AvgIpc) is 3.09. The number of carbonyl (C=O) groups is 2. The Kier molecular flexibility index (Phi) is 5.36. The van der Waals surface area contributed by atoms with E-state index in [1.165, 1.54) is 5.57 Å². The van der Waals surface area contributed by atoms with Gasteiger partial charge < -0.3 is 9.47 Å². The molecule has 0 radical (unpaired) electrons. The highest BCUT2D eigenvalue weighted by atomic mass is 16.6. The van der Waals surface area contributed by atoms with E-state index in [9.17, 15) is 9.59 Å². The number of esters is 2. The molecule has 168 valence electrons. The Bertz CT molecular complexity index is 800. The molecule has 1 saturated carbocycles. The van der Waals surface area contributed by atoms with Crippen molar-refractivity contribution in [2.24, 2.45) is 27.6 Å². The van der Waals surface area contributed by atoms with Crippen LogP contribution in [0.2, 0.25) is 0 Å². The summed E-state index contributed by atoms with van der Waals surface area (Å²) in [5.41, 5.74) is -1.10. The standard InChI is InChI=1S/C26H40O4/c1-10-19(22(3,4)14-13-18-12-11-17(2)23(18,5)6)29-21(28)26-16-15-25(9,20(27)30-26)24(26,7)8/h11,13-14,18-19H,10,12,15-16H2,1-9H3/b14-13+/t18-,19+,25+,26-/m1/s1. The molecule has 1 aliphatic heterocycles. The van der Waals surface area contributed by atoms with Crippen LogP contribution in [0.4, 0.5) is 0 Å². The number of hydrogen-bond donors (Lipinski definition) is 0. The molecule has 0 spiro atoms. The van der Waals surface area contributed by atoms with Crippen LogP contribution in [-0.4, -0.2) is 23.6 Å². The molecule has 30 heavy (non-hydrogen) atoms. The Morgan fingerprint density at radius 2 is 1.90 bits per heavy atom. The van der Waals surface area contributed by atoms with Crippen LogP contribution in [0, 0.1) is 27.6 Å². The Balaban J connectivity index is 1.77. The molecule has 3 rings (SSSR count). The lowest BCUT2D eigenvalue weighted by molar-refractivity contribution is -0.190. The minimum absolute atomic E-state index is 0.153. The van der Waals surface area contributed by atoms with Gasteiger partial charge >= 0.3 is 11.9 Å². The molecule has 4 nitrogen and oxygen atoms in total. The van der Waals surface area contributed by atoms with E-state index in [0.29, 0.717) is 25.2 Å². The summed E-state index contributed by atoms with van der Waals surface area (Å²) < 4.78 is 11.8. The number of fused-ring (bicyclic) bond motifs is 2. The lowest BCUT2D eigenvalue weighted by atomic mass is 9.66. The summed E-state index contributed by atoms with van der Waals surface area (Å²) in [6.07, 6.45) is 9.52. The van der Waals surface area contributed by atoms with E-state index < -0.39 is 16.4 Å². The highest BCUT2D eigenvalue weighted by Gasteiger charge is 2.76. The second kappa shape index (κ2) is 6.97. The van der Waals surface area contributed by atoms with E-state index in [4.69, 9.17) is 9.47 Å². The van der Waals surface area contributed by atoms with Crippen LogP contribution in [-0.2, 0) is 19.1 Å². The number of carbonyl (C=O) groups excluding carboxylic acids is 2. The summed E-state index contributed by atoms with van der Waals surface area (Å²) >= 11 is 0. The third-order valence-corrected chi connectivity index (χ3v) is 9.24. The second-order valence-electron chi connectivity index (χ2n) is 11.6. The Hall–Kier alpha value is -1.58. The Morgan fingerprint density at radius 1 is 1.27 bits per heavy atom. The molecule has 4 heteroatoms. The molecule has 0 unspecified atom stereocenters. The molecular formula is C26H40O4. The smallest absolute Gasteiger partial charge is 0.351 e. The molecule has 0 aromatic carbocycles. The molecule has 3 aliphatic rings. The zero-order valence-electron chi connectivity index (χ0n) is 20.3. The second-order valence-corrected chi connectivity index (χ2v) is 11.6. The van der Waals surface area contributed by atoms with Gasteiger partial charge in [-0.05, 0) is 50.9 Å². The molecule has 1 saturated heterocycles. The predicted molar refractivity (Wildman–Crippen MR) is 119 cm³/mol. The number of allylic oxidation sites excluding steroid dienone is 3. The number of ether oxygens (including phenoxy) is 2. The third kappa shape index (κ3) is 3.00. The molecule has 0 N–H and O–H groups in total. The average molecular weight is 417 g/mol. The van der Waals surface area contributed by atoms with Crippen molar-refractivity contribution in [3.05, 3.63) is 23.8 Å². The maximum absolute atomic E-state index is 13.4. The first kappa shape index (κ1) is 23.1. The van der Waals surface area contributed by atoms with E-state index in [1.54, 1.807) is 0 Å². The van der Waals surface area contributed by atoms with Crippen molar-refractivity contribution in [1.29, 1.82) is 0 Å². The maximum atomic E-state index is 13.4. The topological polar surface area (TPSA) is 52.6 Å². The quantitative estimate of drug-likeness (QED) is 0.393. The van der Waals surface area contributed by atoms with Gasteiger partial charge in [-0.25, -0.2) is 4.79 Å². The fraction of sp³-hybridized carbons (Fsp3) is 0.769. The zero-order valence-corrected chi connectivity index (χ0v) is 20.3. The summed E-state index contributed by atoms with van der Waals surface area (Å²) in [4.78, 5) is 25.9. The van der Waals surface area contributed by atoms with Crippen molar-refractivity contribution in [1.82, 2.24) is 0 Å². The predicted octanol–water partition coefficient (Wildman–Crippen LogP) is 6.00. The van der Waals surface area contributed by atoms with Gasteiger partial charge in [-0.2, -0.15) is 0 Å². The molecule has 4 atom stereocenters. The molecule has 2 fully saturated rings. The molecular weight excluding hydrogens is 376 g/mol. The van der Waals surface area contributed by atoms with Crippen LogP contribution in [0.3, 0.4) is 0 Å². The van der Waals surface area contributed by atoms with Crippen LogP contribution < -0.4 is 0 Å². The van der Waals surface area contributed by atoms with Crippen LogP contribution in [0.15, 0.2) is 23.8 Å². The number of rotatable bonds is 6. The molecule has 2 aliphatic carbocycles. The monoisotopic (exact) mass is 416 g/mol. The van der Waals surface area contributed by atoms with Gasteiger partial charge in [0.1, 0.15) is 6.10 Å². The first-order valence-electron chi connectivity index (χ1n) is 11.5. The minimum Gasteiger partial charge on any atom is -0.459 e. The van der Waals surface area contributed by atoms with Crippen molar-refractivity contribution >= 4 is 11.9 Å². The van der Waals surface area contributed by atoms with Crippen LogP contribution >= 0.6 is 0 Å². The molecule has 0 amide bonds. The van der Waals surface area contributed by atoms with E-state index in [2.05, 4.69) is 52.8 Å². The summed E-state index contributed by atoms with van der Waals surface area (Å²) in [6, 6.07) is 0. The van der Waals surface area contributed by atoms with Gasteiger partial charge in [0.05, 0.1) is 5.41 Å². The summed E-state index contributed by atoms with van der Waals surface area (Å²) in [5.74, 6) is -0.197. The van der Waals surface area contributed by atoms with Crippen LogP contribution in [0.5, 0.6) is 0 Å². The van der Waals surface area contributed by atoms with Crippen molar-refractivity contribution in [2.75, 3.05) is 0 Å². The molecule has 2 bridgehead atoms. The fourth-order valence-corrected chi connectivity index (χ4v) is 5.63. The normalized spacial score (nSPS) is 35.4. The first-order chi connectivity index (χ1) is 13.7. The van der Waals surface area contributed by atoms with E-state index in [-0.39, 0.29) is 28.9 Å². The van der Waals surface area contributed by atoms with Crippen molar-refractivity contribution in [3.63, 3.8) is 0 Å². The SMILES string of the molecule is CC[C@H](OC(=O)[C@@]12CC[C@@](C)(C(=O)O1)C2(C)C)C(C)(C)/C=C/[C@H]1CC=C(C)C1(C)C. The van der Waals surface area contributed by atoms with Crippen molar-refractivity contribution in [3.8, 4) is 0 Å². The van der Waals surface area contributed by atoms with E-state index in [1.807, 2.05) is 27.7 Å². The van der Waals surface area contributed by atoms with Gasteiger partial charge in [0.25, 0.3) is 0 Å². The fourth-order valence-electron chi connectivity index (χ4n) is 5.63. The van der Waals surface area contributed by atoms with Crippen LogP contribution in [0.1, 0.15) is 88.0 Å². The lowest BCUT2D eigenvalue weighted by Crippen LogP contribution is -2.51. The van der Waals surface area contributed by atoms with Gasteiger partial charge in [0.2, 0.25) is 5.60 Å². The van der Waals surface area contributed by atoms with Gasteiger partial charge in [-0.3, -0.25) is 4.79 Å². The molecule has 0 aromatic heterocycles.